The molecule has 174 valence electrons. The second-order valence-electron chi connectivity index (χ2n) is 8.09. The van der Waals surface area contributed by atoms with Gasteiger partial charge in [-0.1, -0.05) is 50.2 Å². The van der Waals surface area contributed by atoms with Crippen LogP contribution in [0, 0.1) is 0 Å². The number of carbonyl (C=O) groups excluding carboxylic acids is 2. The molecule has 0 saturated heterocycles. The predicted octanol–water partition coefficient (Wildman–Crippen LogP) is 6.00. The third-order valence-corrected chi connectivity index (χ3v) is 6.21. The van der Waals surface area contributed by atoms with E-state index in [0.717, 1.165) is 10.4 Å². The number of anilines is 1. The topological polar surface area (TPSA) is 80.6 Å². The molecule has 2 amide bonds. The molecule has 2 heterocycles. The summed E-state index contributed by atoms with van der Waals surface area (Å²) in [6, 6.07) is 22.2. The fraction of sp³-hybridized carbons (Fsp3) is 0.185. The molecule has 0 bridgehead atoms. The zero-order chi connectivity index (χ0) is 23.9. The maximum absolute atomic E-state index is 12.8. The van der Waals surface area contributed by atoms with E-state index in [-0.39, 0.29) is 30.2 Å². The fourth-order valence-corrected chi connectivity index (χ4v) is 4.27. The van der Waals surface area contributed by atoms with Crippen molar-refractivity contribution in [3.63, 3.8) is 0 Å². The van der Waals surface area contributed by atoms with Crippen LogP contribution in [0.3, 0.4) is 0 Å². The zero-order valence-corrected chi connectivity index (χ0v) is 19.8. The first-order valence-corrected chi connectivity index (χ1v) is 11.9. The van der Waals surface area contributed by atoms with Crippen molar-refractivity contribution in [2.45, 2.75) is 25.8 Å². The van der Waals surface area contributed by atoms with Gasteiger partial charge in [-0.3, -0.25) is 9.59 Å². The van der Waals surface area contributed by atoms with Crippen molar-refractivity contribution in [3.8, 4) is 5.75 Å². The lowest BCUT2D eigenvalue weighted by molar-refractivity contribution is -0.123. The summed E-state index contributed by atoms with van der Waals surface area (Å²) in [4.78, 5) is 26.0. The lowest BCUT2D eigenvalue weighted by Gasteiger charge is -2.19. The van der Waals surface area contributed by atoms with Crippen molar-refractivity contribution in [3.05, 3.63) is 106 Å². The van der Waals surface area contributed by atoms with Crippen LogP contribution in [0.2, 0.25) is 0 Å². The molecule has 0 saturated carbocycles. The highest BCUT2D eigenvalue weighted by Crippen LogP contribution is 2.27. The maximum atomic E-state index is 12.8. The fourth-order valence-electron chi connectivity index (χ4n) is 3.46. The number of benzene rings is 2. The SMILES string of the molecule is CC(C)c1ccc(C(NC(=O)COc2cccc(NC(=O)c3ccco3)c2)c2cccs2)cc1. The molecule has 2 aromatic carbocycles. The van der Waals surface area contributed by atoms with Gasteiger partial charge in [-0.05, 0) is 52.8 Å². The van der Waals surface area contributed by atoms with Gasteiger partial charge < -0.3 is 19.8 Å². The minimum Gasteiger partial charge on any atom is -0.484 e. The van der Waals surface area contributed by atoms with Gasteiger partial charge in [0.2, 0.25) is 0 Å². The van der Waals surface area contributed by atoms with Crippen LogP contribution in [-0.4, -0.2) is 18.4 Å². The molecule has 1 unspecified atom stereocenters. The van der Waals surface area contributed by atoms with Crippen LogP contribution in [0.4, 0.5) is 5.69 Å². The molecule has 2 N–H and O–H groups in total. The van der Waals surface area contributed by atoms with Crippen molar-refractivity contribution in [2.24, 2.45) is 0 Å². The second-order valence-corrected chi connectivity index (χ2v) is 9.06. The van der Waals surface area contributed by atoms with Gasteiger partial charge in [0.1, 0.15) is 5.75 Å². The van der Waals surface area contributed by atoms with Crippen LogP contribution in [0.15, 0.2) is 88.9 Å². The smallest absolute Gasteiger partial charge is 0.291 e. The van der Waals surface area contributed by atoms with E-state index in [1.165, 1.54) is 11.8 Å². The van der Waals surface area contributed by atoms with E-state index >= 15 is 0 Å². The molecule has 4 rings (SSSR count). The zero-order valence-electron chi connectivity index (χ0n) is 19.0. The number of ether oxygens (including phenoxy) is 1. The van der Waals surface area contributed by atoms with E-state index in [0.29, 0.717) is 17.4 Å². The van der Waals surface area contributed by atoms with Crippen molar-refractivity contribution < 1.29 is 18.7 Å². The quantitative estimate of drug-likeness (QED) is 0.312. The summed E-state index contributed by atoms with van der Waals surface area (Å²) in [6.45, 7) is 4.16. The Bertz CT molecular complexity index is 1220. The molecule has 1 atom stereocenters. The first-order valence-electron chi connectivity index (χ1n) is 11.0. The van der Waals surface area contributed by atoms with Gasteiger partial charge in [0.05, 0.1) is 12.3 Å². The van der Waals surface area contributed by atoms with Gasteiger partial charge in [0, 0.05) is 16.6 Å². The summed E-state index contributed by atoms with van der Waals surface area (Å²) < 4.78 is 10.8. The minimum atomic E-state index is -0.359. The highest BCUT2D eigenvalue weighted by molar-refractivity contribution is 7.10. The van der Waals surface area contributed by atoms with Crippen LogP contribution in [0.5, 0.6) is 5.75 Å². The average Bonchev–Trinajstić information content (AvgIpc) is 3.56. The Morgan fingerprint density at radius 2 is 1.76 bits per heavy atom. The normalized spacial score (nSPS) is 11.7. The Morgan fingerprint density at radius 3 is 2.44 bits per heavy atom. The summed E-state index contributed by atoms with van der Waals surface area (Å²) >= 11 is 1.60. The monoisotopic (exact) mass is 474 g/mol. The Balaban J connectivity index is 1.39. The van der Waals surface area contributed by atoms with Gasteiger partial charge in [-0.25, -0.2) is 0 Å². The van der Waals surface area contributed by atoms with E-state index in [1.807, 2.05) is 17.5 Å². The van der Waals surface area contributed by atoms with Crippen molar-refractivity contribution in [2.75, 3.05) is 11.9 Å². The molecule has 0 spiro atoms. The highest BCUT2D eigenvalue weighted by Gasteiger charge is 2.19. The largest absolute Gasteiger partial charge is 0.484 e. The summed E-state index contributed by atoms with van der Waals surface area (Å²) in [5.74, 6) is 0.531. The van der Waals surface area contributed by atoms with Crippen molar-refractivity contribution in [1.29, 1.82) is 0 Å². The average molecular weight is 475 g/mol. The van der Waals surface area contributed by atoms with Crippen LogP contribution < -0.4 is 15.4 Å². The standard InChI is InChI=1S/C27H26N2O4S/c1-18(2)19-10-12-20(13-11-19)26(24-9-5-15-34-24)29-25(30)17-33-22-7-3-6-21(16-22)28-27(31)23-8-4-14-32-23/h3-16,18,26H,17H2,1-2H3,(H,28,31)(H,29,30). The van der Waals surface area contributed by atoms with E-state index in [9.17, 15) is 9.59 Å². The molecule has 0 aliphatic heterocycles. The molecule has 0 fully saturated rings. The van der Waals surface area contributed by atoms with Crippen LogP contribution in [0.1, 0.15) is 52.4 Å². The molecule has 6 nitrogen and oxygen atoms in total. The highest BCUT2D eigenvalue weighted by atomic mass is 32.1. The minimum absolute atomic E-state index is 0.151. The summed E-state index contributed by atoms with van der Waals surface area (Å²) in [7, 11) is 0. The first-order chi connectivity index (χ1) is 16.5. The second kappa shape index (κ2) is 10.9. The Kier molecular flexibility index (Phi) is 7.44. The summed E-state index contributed by atoms with van der Waals surface area (Å²) in [5, 5.41) is 7.83. The van der Waals surface area contributed by atoms with Gasteiger partial charge in [0.25, 0.3) is 11.8 Å². The first kappa shape index (κ1) is 23.3. The molecule has 2 aromatic heterocycles. The summed E-state index contributed by atoms with van der Waals surface area (Å²) in [6.07, 6.45) is 1.44. The Morgan fingerprint density at radius 1 is 0.971 bits per heavy atom. The van der Waals surface area contributed by atoms with Crippen LogP contribution in [-0.2, 0) is 4.79 Å². The number of hydrogen-bond acceptors (Lipinski definition) is 5. The van der Waals surface area contributed by atoms with Gasteiger partial charge >= 0.3 is 0 Å². The molecule has 4 aromatic rings. The van der Waals surface area contributed by atoms with Crippen molar-refractivity contribution in [1.82, 2.24) is 5.32 Å². The van der Waals surface area contributed by atoms with Gasteiger partial charge in [0.15, 0.2) is 12.4 Å². The number of carbonyl (C=O) groups is 2. The molecule has 0 radical (unpaired) electrons. The lowest BCUT2D eigenvalue weighted by atomic mass is 9.98. The number of amides is 2. The molecular weight excluding hydrogens is 448 g/mol. The lowest BCUT2D eigenvalue weighted by Crippen LogP contribution is -2.32. The Labute approximate surface area is 202 Å². The third-order valence-electron chi connectivity index (χ3n) is 5.28. The number of thiophene rings is 1. The van der Waals surface area contributed by atoms with E-state index in [4.69, 9.17) is 9.15 Å². The number of rotatable bonds is 9. The Hall–Kier alpha value is -3.84. The number of nitrogens with one attached hydrogen (secondary N) is 2. The van der Waals surface area contributed by atoms with Gasteiger partial charge in [-0.2, -0.15) is 0 Å². The van der Waals surface area contributed by atoms with E-state index in [2.05, 4.69) is 48.7 Å². The summed E-state index contributed by atoms with van der Waals surface area (Å²) in [5.41, 5.74) is 2.81. The third kappa shape index (κ3) is 5.94. The van der Waals surface area contributed by atoms with Crippen LogP contribution in [0.25, 0.3) is 0 Å². The van der Waals surface area contributed by atoms with E-state index < -0.39 is 0 Å². The van der Waals surface area contributed by atoms with Crippen LogP contribution >= 0.6 is 11.3 Å². The molecular formula is C27H26N2O4S. The van der Waals surface area contributed by atoms with E-state index in [1.54, 1.807) is 47.7 Å². The predicted molar refractivity (Wildman–Crippen MR) is 133 cm³/mol. The number of hydrogen-bond donors (Lipinski definition) is 2. The van der Waals surface area contributed by atoms with Crippen molar-refractivity contribution >= 4 is 28.8 Å². The number of furan rings is 1. The van der Waals surface area contributed by atoms with Gasteiger partial charge in [-0.15, -0.1) is 11.3 Å². The maximum Gasteiger partial charge on any atom is 0.291 e. The molecule has 7 heteroatoms. The molecule has 0 aliphatic carbocycles. The molecule has 34 heavy (non-hydrogen) atoms. The molecule has 0 aliphatic rings.